The quantitative estimate of drug-likeness (QED) is 0.330. The Labute approximate surface area is 223 Å². The molecule has 2 N–H and O–H groups in total. The minimum Gasteiger partial charge on any atom is -0.399 e. The topological polar surface area (TPSA) is 69.9 Å². The number of hydrogen-bond acceptors (Lipinski definition) is 5. The highest BCUT2D eigenvalue weighted by Gasteiger charge is 2.53. The molecule has 38 heavy (non-hydrogen) atoms. The monoisotopic (exact) mass is 514 g/mol. The number of nitrogens with zero attached hydrogens (tertiary/aromatic N) is 3. The predicted molar refractivity (Wildman–Crippen MR) is 148 cm³/mol. The molecule has 7 heteroatoms. The van der Waals surface area contributed by atoms with Crippen molar-refractivity contribution in [1.29, 1.82) is 0 Å². The third kappa shape index (κ3) is 5.58. The van der Waals surface area contributed by atoms with Crippen molar-refractivity contribution in [3.63, 3.8) is 0 Å². The SMILES string of the molecule is Nc1ccc(CCN2CN(c3ccccc3)C3(CCN(CCCC(=O)c4ccc(F)cc4)CC3)C2=O)cc1. The number of carbonyl (C=O) groups is 2. The van der Waals surface area contributed by atoms with Crippen LogP contribution in [0.3, 0.4) is 0 Å². The van der Waals surface area contributed by atoms with Gasteiger partial charge in [-0.15, -0.1) is 0 Å². The molecule has 0 aliphatic carbocycles. The summed E-state index contributed by atoms with van der Waals surface area (Å²) >= 11 is 0. The van der Waals surface area contributed by atoms with Gasteiger partial charge >= 0.3 is 0 Å². The number of Topliss-reactive ketones (excluding diaryl/α,β-unsaturated/α-hetero) is 1. The molecule has 3 aromatic rings. The summed E-state index contributed by atoms with van der Waals surface area (Å²) in [4.78, 5) is 33.0. The first kappa shape index (κ1) is 25.9. The number of para-hydroxylation sites is 1. The third-order valence-corrected chi connectivity index (χ3v) is 7.96. The van der Waals surface area contributed by atoms with Gasteiger partial charge in [0.15, 0.2) is 5.78 Å². The number of nitrogen functional groups attached to an aromatic ring is 1. The number of piperidine rings is 1. The zero-order chi connectivity index (χ0) is 26.5. The Balaban J connectivity index is 1.21. The van der Waals surface area contributed by atoms with Crippen LogP contribution in [0.2, 0.25) is 0 Å². The van der Waals surface area contributed by atoms with Crippen LogP contribution in [0.5, 0.6) is 0 Å². The maximum atomic E-state index is 13.9. The normalized spacial score (nSPS) is 17.3. The maximum absolute atomic E-state index is 13.9. The lowest BCUT2D eigenvalue weighted by Gasteiger charge is -2.43. The second-order valence-electron chi connectivity index (χ2n) is 10.4. The van der Waals surface area contributed by atoms with Crippen molar-refractivity contribution in [3.05, 3.63) is 95.8 Å². The Morgan fingerprint density at radius 2 is 1.58 bits per heavy atom. The van der Waals surface area contributed by atoms with Crippen LogP contribution >= 0.6 is 0 Å². The van der Waals surface area contributed by atoms with E-state index in [1.807, 2.05) is 47.4 Å². The molecule has 2 aliphatic rings. The lowest BCUT2D eigenvalue weighted by molar-refractivity contribution is -0.133. The Morgan fingerprint density at radius 3 is 2.26 bits per heavy atom. The van der Waals surface area contributed by atoms with E-state index in [2.05, 4.69) is 21.9 Å². The summed E-state index contributed by atoms with van der Waals surface area (Å²) in [5.41, 5.74) is 8.83. The molecule has 0 atom stereocenters. The fraction of sp³-hybridized carbons (Fsp3) is 0.355. The molecule has 2 heterocycles. The van der Waals surface area contributed by atoms with E-state index >= 15 is 0 Å². The molecule has 0 saturated carbocycles. The summed E-state index contributed by atoms with van der Waals surface area (Å²) in [7, 11) is 0. The number of carbonyl (C=O) groups excluding carboxylic acids is 2. The standard InChI is InChI=1S/C31H35FN4O2/c32-26-12-10-25(11-13-26)29(37)7-4-19-34-21-17-31(18-22-34)30(38)35(20-16-24-8-14-27(33)15-9-24)23-36(31)28-5-2-1-3-6-28/h1-3,5-6,8-15H,4,7,16-23,33H2. The third-order valence-electron chi connectivity index (χ3n) is 7.96. The van der Waals surface area contributed by atoms with Gasteiger partial charge in [-0.3, -0.25) is 9.59 Å². The van der Waals surface area contributed by atoms with Gasteiger partial charge in [0.1, 0.15) is 11.4 Å². The van der Waals surface area contributed by atoms with E-state index in [1.54, 1.807) is 12.1 Å². The molecule has 6 nitrogen and oxygen atoms in total. The van der Waals surface area contributed by atoms with Crippen molar-refractivity contribution in [2.24, 2.45) is 0 Å². The molecule has 1 amide bonds. The highest BCUT2D eigenvalue weighted by Crippen LogP contribution is 2.39. The summed E-state index contributed by atoms with van der Waals surface area (Å²) in [6.07, 6.45) is 3.48. The molecule has 2 aliphatic heterocycles. The molecule has 0 bridgehead atoms. The van der Waals surface area contributed by atoms with E-state index < -0.39 is 5.54 Å². The number of hydrogen-bond donors (Lipinski definition) is 1. The molecular formula is C31H35FN4O2. The molecule has 1 spiro atoms. The molecule has 2 fully saturated rings. The second-order valence-corrected chi connectivity index (χ2v) is 10.4. The van der Waals surface area contributed by atoms with Gasteiger partial charge in [0.05, 0.1) is 6.67 Å². The van der Waals surface area contributed by atoms with Crippen LogP contribution in [-0.4, -0.2) is 59.9 Å². The summed E-state index contributed by atoms with van der Waals surface area (Å²) in [6, 6.07) is 23.8. The average molecular weight is 515 g/mol. The highest BCUT2D eigenvalue weighted by molar-refractivity contribution is 5.96. The van der Waals surface area contributed by atoms with Crippen molar-refractivity contribution in [2.75, 3.05) is 43.5 Å². The lowest BCUT2D eigenvalue weighted by atomic mass is 9.85. The molecule has 2 saturated heterocycles. The first-order valence-corrected chi connectivity index (χ1v) is 13.4. The minimum atomic E-state index is -0.539. The van der Waals surface area contributed by atoms with Crippen LogP contribution < -0.4 is 10.6 Å². The van der Waals surface area contributed by atoms with Crippen LogP contribution in [-0.2, 0) is 11.2 Å². The van der Waals surface area contributed by atoms with Crippen LogP contribution in [0.25, 0.3) is 0 Å². The zero-order valence-electron chi connectivity index (χ0n) is 21.7. The van der Waals surface area contributed by atoms with Crippen molar-refractivity contribution in [1.82, 2.24) is 9.80 Å². The van der Waals surface area contributed by atoms with Crippen molar-refractivity contribution < 1.29 is 14.0 Å². The van der Waals surface area contributed by atoms with Gasteiger partial charge in [-0.2, -0.15) is 0 Å². The molecule has 0 radical (unpaired) electrons. The summed E-state index contributed by atoms with van der Waals surface area (Å²) in [5, 5.41) is 0. The second kappa shape index (κ2) is 11.4. The van der Waals surface area contributed by atoms with E-state index in [4.69, 9.17) is 5.73 Å². The Kier molecular flexibility index (Phi) is 7.74. The van der Waals surface area contributed by atoms with Gasteiger partial charge in [0, 0.05) is 43.0 Å². The van der Waals surface area contributed by atoms with Crippen LogP contribution in [0.1, 0.15) is 41.6 Å². The maximum Gasteiger partial charge on any atom is 0.250 e. The Morgan fingerprint density at radius 1 is 0.895 bits per heavy atom. The van der Waals surface area contributed by atoms with E-state index in [0.717, 1.165) is 56.7 Å². The number of ketones is 1. The Hall–Kier alpha value is -3.71. The van der Waals surface area contributed by atoms with Crippen molar-refractivity contribution >= 4 is 23.1 Å². The van der Waals surface area contributed by atoms with E-state index in [0.29, 0.717) is 25.2 Å². The number of nitrogens with two attached hydrogens (primary N) is 1. The van der Waals surface area contributed by atoms with E-state index in [1.165, 1.54) is 17.7 Å². The largest absolute Gasteiger partial charge is 0.399 e. The first-order valence-electron chi connectivity index (χ1n) is 13.4. The van der Waals surface area contributed by atoms with Gasteiger partial charge in [-0.1, -0.05) is 30.3 Å². The van der Waals surface area contributed by atoms with Crippen LogP contribution in [0.15, 0.2) is 78.9 Å². The van der Waals surface area contributed by atoms with Gasteiger partial charge < -0.3 is 20.4 Å². The fourth-order valence-corrected chi connectivity index (χ4v) is 5.71. The molecular weight excluding hydrogens is 479 g/mol. The average Bonchev–Trinajstić information content (AvgIpc) is 3.21. The number of amides is 1. The number of anilines is 2. The van der Waals surface area contributed by atoms with Gasteiger partial charge in [0.2, 0.25) is 5.91 Å². The van der Waals surface area contributed by atoms with Gasteiger partial charge in [-0.05, 0) is 86.3 Å². The summed E-state index contributed by atoms with van der Waals surface area (Å²) in [5.74, 6) is -0.0852. The summed E-state index contributed by atoms with van der Waals surface area (Å²) < 4.78 is 13.1. The van der Waals surface area contributed by atoms with Crippen molar-refractivity contribution in [3.8, 4) is 0 Å². The lowest BCUT2D eigenvalue weighted by Crippen LogP contribution is -2.56. The van der Waals surface area contributed by atoms with Gasteiger partial charge in [0.25, 0.3) is 0 Å². The van der Waals surface area contributed by atoms with Gasteiger partial charge in [-0.25, -0.2) is 4.39 Å². The molecule has 5 rings (SSSR count). The highest BCUT2D eigenvalue weighted by atomic mass is 19.1. The first-order chi connectivity index (χ1) is 18.4. The van der Waals surface area contributed by atoms with E-state index in [-0.39, 0.29) is 17.5 Å². The molecule has 198 valence electrons. The van der Waals surface area contributed by atoms with Crippen LogP contribution in [0, 0.1) is 5.82 Å². The number of halogens is 1. The minimum absolute atomic E-state index is 0.0384. The zero-order valence-corrected chi connectivity index (χ0v) is 21.7. The molecule has 0 aromatic heterocycles. The molecule has 0 unspecified atom stereocenters. The number of rotatable bonds is 9. The predicted octanol–water partition coefficient (Wildman–Crippen LogP) is 4.75. The smallest absolute Gasteiger partial charge is 0.250 e. The van der Waals surface area contributed by atoms with E-state index in [9.17, 15) is 14.0 Å². The summed E-state index contributed by atoms with van der Waals surface area (Å²) in [6.45, 7) is 3.69. The van der Waals surface area contributed by atoms with Crippen LogP contribution in [0.4, 0.5) is 15.8 Å². The fourth-order valence-electron chi connectivity index (χ4n) is 5.71. The number of benzene rings is 3. The number of likely N-dealkylation sites (tertiary alicyclic amines) is 1. The Bertz CT molecular complexity index is 1240. The van der Waals surface area contributed by atoms with Crippen molar-refractivity contribution in [2.45, 2.75) is 37.6 Å². The molecule has 3 aromatic carbocycles.